The van der Waals surface area contributed by atoms with Crippen molar-refractivity contribution in [2.24, 2.45) is 0 Å². The van der Waals surface area contributed by atoms with Crippen LogP contribution in [0.4, 0.5) is 0 Å². The van der Waals surface area contributed by atoms with Gasteiger partial charge in [-0.1, -0.05) is 29.8 Å². The van der Waals surface area contributed by atoms with E-state index < -0.39 is 5.79 Å². The summed E-state index contributed by atoms with van der Waals surface area (Å²) < 4.78 is 5.83. The molecule has 0 N–H and O–H groups in total. The maximum absolute atomic E-state index is 5.84. The van der Waals surface area contributed by atoms with Crippen molar-refractivity contribution in [3.05, 3.63) is 40.9 Å². The first kappa shape index (κ1) is 13.1. The maximum atomic E-state index is 5.84. The van der Waals surface area contributed by atoms with Crippen molar-refractivity contribution in [3.8, 4) is 0 Å². The molecule has 19 heavy (non-hydrogen) atoms. The Morgan fingerprint density at radius 1 is 1.16 bits per heavy atom. The summed E-state index contributed by atoms with van der Waals surface area (Å²) in [6.07, 6.45) is 7.94. The van der Waals surface area contributed by atoms with Crippen LogP contribution < -0.4 is 0 Å². The molecular weight excluding hydrogens is 264 g/mol. The topological polar surface area (TPSA) is 27.7 Å². The van der Waals surface area contributed by atoms with Gasteiger partial charge in [-0.3, -0.25) is 0 Å². The molecule has 1 aliphatic heterocycles. The molecule has 0 amide bonds. The summed E-state index contributed by atoms with van der Waals surface area (Å²) in [5, 5.41) is 0.737. The second kappa shape index (κ2) is 5.63. The Morgan fingerprint density at radius 2 is 1.89 bits per heavy atom. The average molecular weight is 281 g/mol. The first-order valence-electron chi connectivity index (χ1n) is 6.68. The second-order valence-electron chi connectivity index (χ2n) is 5.06. The van der Waals surface area contributed by atoms with E-state index >= 15 is 0 Å². The van der Waals surface area contributed by atoms with Crippen LogP contribution in [0.5, 0.6) is 0 Å². The Kier molecular flexibility index (Phi) is 3.89. The molecule has 102 valence electrons. The highest BCUT2D eigenvalue weighted by Crippen LogP contribution is 2.37. The molecule has 4 heteroatoms. The van der Waals surface area contributed by atoms with Crippen LogP contribution >= 0.6 is 11.6 Å². The van der Waals surface area contributed by atoms with Crippen molar-refractivity contribution in [1.82, 2.24) is 0 Å². The number of ether oxygens (including phenoxy) is 1. The zero-order chi connectivity index (χ0) is 13.1. The fourth-order valence-electron chi connectivity index (χ4n) is 2.46. The van der Waals surface area contributed by atoms with Gasteiger partial charge in [0, 0.05) is 17.9 Å². The Labute approximate surface area is 118 Å². The predicted molar refractivity (Wildman–Crippen MR) is 73.6 cm³/mol. The molecular formula is C15H17ClO3. The third-order valence-electron chi connectivity index (χ3n) is 3.57. The van der Waals surface area contributed by atoms with E-state index in [9.17, 15) is 0 Å². The van der Waals surface area contributed by atoms with Crippen LogP contribution in [0.25, 0.3) is 6.08 Å². The van der Waals surface area contributed by atoms with E-state index in [1.165, 1.54) is 0 Å². The number of rotatable bonds is 2. The van der Waals surface area contributed by atoms with Gasteiger partial charge in [-0.05, 0) is 36.6 Å². The van der Waals surface area contributed by atoms with E-state index in [1.807, 2.05) is 36.4 Å². The normalized spacial score (nSPS) is 26.3. The van der Waals surface area contributed by atoms with Crippen LogP contribution in [-0.4, -0.2) is 18.5 Å². The van der Waals surface area contributed by atoms with Crippen LogP contribution in [0.1, 0.15) is 31.2 Å². The predicted octanol–water partition coefficient (Wildman–Crippen LogP) is 3.97. The number of hydrogen-bond acceptors (Lipinski definition) is 3. The highest BCUT2D eigenvalue weighted by Gasteiger charge is 2.41. The molecule has 1 aromatic carbocycles. The van der Waals surface area contributed by atoms with Gasteiger partial charge < -0.3 is 4.74 Å². The number of hydrogen-bond donors (Lipinski definition) is 0. The summed E-state index contributed by atoms with van der Waals surface area (Å²) >= 11 is 5.84. The molecule has 0 radical (unpaired) electrons. The first-order valence-corrected chi connectivity index (χ1v) is 7.06. The minimum Gasteiger partial charge on any atom is -0.344 e. The van der Waals surface area contributed by atoms with Gasteiger partial charge in [0.2, 0.25) is 5.79 Å². The van der Waals surface area contributed by atoms with E-state index in [0.717, 1.165) is 36.3 Å². The van der Waals surface area contributed by atoms with E-state index in [4.69, 9.17) is 26.1 Å². The van der Waals surface area contributed by atoms with Crippen molar-refractivity contribution in [2.75, 3.05) is 6.61 Å². The molecule has 1 saturated carbocycles. The van der Waals surface area contributed by atoms with Crippen molar-refractivity contribution < 1.29 is 14.5 Å². The van der Waals surface area contributed by atoms with Crippen molar-refractivity contribution in [1.29, 1.82) is 0 Å². The first-order chi connectivity index (χ1) is 9.26. The van der Waals surface area contributed by atoms with Crippen LogP contribution in [0.2, 0.25) is 5.02 Å². The summed E-state index contributed by atoms with van der Waals surface area (Å²) in [7, 11) is 0. The molecule has 2 fully saturated rings. The smallest absolute Gasteiger partial charge is 0.201 e. The van der Waals surface area contributed by atoms with Crippen molar-refractivity contribution in [2.45, 2.75) is 37.6 Å². The molecule has 1 aliphatic carbocycles. The van der Waals surface area contributed by atoms with E-state index in [1.54, 1.807) is 0 Å². The number of benzene rings is 1. The highest BCUT2D eigenvalue weighted by atomic mass is 35.5. The molecule has 2 aliphatic rings. The summed E-state index contributed by atoms with van der Waals surface area (Å²) in [5.41, 5.74) is 1.08. The molecule has 1 saturated heterocycles. The fourth-order valence-corrected chi connectivity index (χ4v) is 2.58. The van der Waals surface area contributed by atoms with Gasteiger partial charge in [-0.25, -0.2) is 9.78 Å². The second-order valence-corrected chi connectivity index (χ2v) is 5.49. The zero-order valence-corrected chi connectivity index (χ0v) is 11.4. The highest BCUT2D eigenvalue weighted by molar-refractivity contribution is 6.30. The van der Waals surface area contributed by atoms with Crippen LogP contribution in [-0.2, 0) is 14.5 Å². The summed E-state index contributed by atoms with van der Waals surface area (Å²) in [5.74, 6) is -0.468. The van der Waals surface area contributed by atoms with E-state index in [-0.39, 0.29) is 6.10 Å². The van der Waals surface area contributed by atoms with Gasteiger partial charge in [0.1, 0.15) is 6.10 Å². The van der Waals surface area contributed by atoms with Crippen molar-refractivity contribution in [3.63, 3.8) is 0 Å². The van der Waals surface area contributed by atoms with E-state index in [0.29, 0.717) is 6.61 Å². The van der Waals surface area contributed by atoms with Gasteiger partial charge in [-0.15, -0.1) is 0 Å². The van der Waals surface area contributed by atoms with E-state index in [2.05, 4.69) is 0 Å². The van der Waals surface area contributed by atoms with Gasteiger partial charge >= 0.3 is 0 Å². The third kappa shape index (κ3) is 3.18. The molecule has 1 unspecified atom stereocenters. The maximum Gasteiger partial charge on any atom is 0.201 e. The van der Waals surface area contributed by atoms with Crippen molar-refractivity contribution >= 4 is 17.7 Å². The summed E-state index contributed by atoms with van der Waals surface area (Å²) in [6.45, 7) is 0.546. The van der Waals surface area contributed by atoms with Crippen LogP contribution in [0.15, 0.2) is 30.3 Å². The molecule has 3 nitrogen and oxygen atoms in total. The van der Waals surface area contributed by atoms with Crippen LogP contribution in [0.3, 0.4) is 0 Å². The van der Waals surface area contributed by atoms with Gasteiger partial charge in [0.15, 0.2) is 0 Å². The standard InChI is InChI=1S/C15H17ClO3/c16-13-6-3-12(4-7-13)5-8-14-11-17-15(19-18-14)9-1-2-10-15/h3-8,14H,1-2,9-11H2. The largest absolute Gasteiger partial charge is 0.344 e. The van der Waals surface area contributed by atoms with Gasteiger partial charge in [0.25, 0.3) is 0 Å². The molecule has 0 aromatic heterocycles. The number of halogens is 1. The Morgan fingerprint density at radius 3 is 2.53 bits per heavy atom. The lowest BCUT2D eigenvalue weighted by Gasteiger charge is -2.34. The lowest BCUT2D eigenvalue weighted by Crippen LogP contribution is -2.42. The zero-order valence-electron chi connectivity index (χ0n) is 10.7. The third-order valence-corrected chi connectivity index (χ3v) is 3.82. The molecule has 0 bridgehead atoms. The molecule has 1 heterocycles. The van der Waals surface area contributed by atoms with Gasteiger partial charge in [-0.2, -0.15) is 0 Å². The minimum absolute atomic E-state index is 0.151. The lowest BCUT2D eigenvalue weighted by atomic mass is 10.2. The molecule has 3 rings (SSSR count). The average Bonchev–Trinajstić information content (AvgIpc) is 2.89. The SMILES string of the molecule is Clc1ccc(C=CC2COC3(CCCC3)OO2)cc1. The summed E-state index contributed by atoms with van der Waals surface area (Å²) in [4.78, 5) is 10.9. The Balaban J connectivity index is 1.55. The minimum atomic E-state index is -0.468. The molecule has 1 atom stereocenters. The van der Waals surface area contributed by atoms with Crippen LogP contribution in [0, 0.1) is 0 Å². The Bertz CT molecular complexity index is 439. The quantitative estimate of drug-likeness (QED) is 0.767. The molecule has 1 spiro atoms. The Hall–Kier alpha value is -0.870. The summed E-state index contributed by atoms with van der Waals surface area (Å²) in [6, 6.07) is 7.65. The lowest BCUT2D eigenvalue weighted by molar-refractivity contribution is -0.477. The fraction of sp³-hybridized carbons (Fsp3) is 0.467. The monoisotopic (exact) mass is 280 g/mol. The molecule has 1 aromatic rings. The van der Waals surface area contributed by atoms with Gasteiger partial charge in [0.05, 0.1) is 6.61 Å².